The Kier molecular flexibility index (Phi) is 6.33. The molecule has 0 amide bonds. The van der Waals surface area contributed by atoms with Crippen molar-refractivity contribution in [1.82, 2.24) is 19.4 Å². The molecule has 1 aliphatic rings. The number of allylic oxidation sites excluding steroid dienone is 2. The Bertz CT molecular complexity index is 1120. The molecule has 170 valence electrons. The largest absolute Gasteiger partial charge is 0.344 e. The van der Waals surface area contributed by atoms with Gasteiger partial charge in [0.15, 0.2) is 0 Å². The first-order valence-electron chi connectivity index (χ1n) is 11.5. The molecule has 0 bridgehead atoms. The second kappa shape index (κ2) is 9.02. The minimum absolute atomic E-state index is 0.445. The molecule has 1 N–H and O–H groups in total. The van der Waals surface area contributed by atoms with Gasteiger partial charge in [-0.2, -0.15) is 0 Å². The Labute approximate surface area is 190 Å². The SMILES string of the molecule is C/C=C(\Nc1cc2cc(-c3cnc(C)n3C)ccc2cn1)C1CCN(CC(C)(C)F)CC1. The summed E-state index contributed by atoms with van der Waals surface area (Å²) < 4.78 is 16.1. The van der Waals surface area contributed by atoms with Crippen molar-refractivity contribution >= 4 is 16.6 Å². The molecule has 0 radical (unpaired) electrons. The van der Waals surface area contributed by atoms with E-state index in [9.17, 15) is 4.39 Å². The number of imidazole rings is 1. The molecule has 0 unspecified atom stereocenters. The zero-order valence-electron chi connectivity index (χ0n) is 19.8. The Morgan fingerprint density at radius 3 is 2.53 bits per heavy atom. The van der Waals surface area contributed by atoms with Crippen molar-refractivity contribution in [2.45, 2.75) is 46.2 Å². The minimum Gasteiger partial charge on any atom is -0.344 e. The molecule has 4 rings (SSSR count). The van der Waals surface area contributed by atoms with Gasteiger partial charge in [0.1, 0.15) is 17.3 Å². The van der Waals surface area contributed by atoms with Crippen molar-refractivity contribution in [2.24, 2.45) is 13.0 Å². The number of aromatic nitrogens is 3. The zero-order chi connectivity index (χ0) is 22.9. The van der Waals surface area contributed by atoms with Gasteiger partial charge in [-0.05, 0) is 71.1 Å². The highest BCUT2D eigenvalue weighted by molar-refractivity contribution is 5.88. The number of alkyl halides is 1. The average molecular weight is 436 g/mol. The predicted octanol–water partition coefficient (Wildman–Crippen LogP) is 5.72. The summed E-state index contributed by atoms with van der Waals surface area (Å²) >= 11 is 0. The molecule has 5 nitrogen and oxygen atoms in total. The van der Waals surface area contributed by atoms with E-state index in [1.807, 2.05) is 26.4 Å². The first kappa shape index (κ1) is 22.5. The van der Waals surface area contributed by atoms with Crippen LogP contribution in [0.25, 0.3) is 22.0 Å². The van der Waals surface area contributed by atoms with Crippen LogP contribution in [0, 0.1) is 12.8 Å². The standard InChI is InChI=1S/C26H34FN5/c1-6-23(19-9-11-32(12-10-19)17-26(3,4)27)30-25-14-22-13-20(7-8-21(22)15-29-25)24-16-28-18(2)31(24)5/h6-8,13-16,19H,9-12,17H2,1-5H3,(H,29,30)/b23-6-. The van der Waals surface area contributed by atoms with E-state index in [2.05, 4.69) is 62.0 Å². The molecule has 0 aliphatic carbocycles. The number of nitrogens with one attached hydrogen (secondary N) is 1. The van der Waals surface area contributed by atoms with Crippen LogP contribution >= 0.6 is 0 Å². The van der Waals surface area contributed by atoms with E-state index in [0.29, 0.717) is 12.5 Å². The number of pyridine rings is 1. The van der Waals surface area contributed by atoms with Gasteiger partial charge in [-0.1, -0.05) is 18.2 Å². The molecule has 2 aromatic heterocycles. The first-order valence-corrected chi connectivity index (χ1v) is 11.5. The number of fused-ring (bicyclic) bond motifs is 1. The highest BCUT2D eigenvalue weighted by Crippen LogP contribution is 2.29. The molecule has 1 fully saturated rings. The summed E-state index contributed by atoms with van der Waals surface area (Å²) in [6.45, 7) is 9.75. The van der Waals surface area contributed by atoms with Crippen LogP contribution in [0.3, 0.4) is 0 Å². The van der Waals surface area contributed by atoms with Crippen LogP contribution in [0.15, 0.2) is 48.4 Å². The van der Waals surface area contributed by atoms with Crippen LogP contribution in [0.1, 0.15) is 39.4 Å². The summed E-state index contributed by atoms with van der Waals surface area (Å²) in [5.74, 6) is 2.30. The Morgan fingerprint density at radius 2 is 1.91 bits per heavy atom. The Hall–Kier alpha value is -2.73. The number of hydrogen-bond donors (Lipinski definition) is 1. The van der Waals surface area contributed by atoms with Crippen molar-refractivity contribution in [2.75, 3.05) is 25.0 Å². The number of hydrogen-bond acceptors (Lipinski definition) is 4. The van der Waals surface area contributed by atoms with Gasteiger partial charge in [-0.3, -0.25) is 0 Å². The van der Waals surface area contributed by atoms with Crippen LogP contribution in [0.2, 0.25) is 0 Å². The molecule has 1 aromatic carbocycles. The van der Waals surface area contributed by atoms with Crippen LogP contribution in [0.4, 0.5) is 10.2 Å². The summed E-state index contributed by atoms with van der Waals surface area (Å²) in [6, 6.07) is 8.55. The van der Waals surface area contributed by atoms with Crippen molar-refractivity contribution < 1.29 is 4.39 Å². The van der Waals surface area contributed by atoms with Crippen LogP contribution in [-0.4, -0.2) is 44.7 Å². The predicted molar refractivity (Wildman–Crippen MR) is 130 cm³/mol. The molecule has 0 atom stereocenters. The number of likely N-dealkylation sites (tertiary alicyclic amines) is 1. The van der Waals surface area contributed by atoms with E-state index in [4.69, 9.17) is 0 Å². The van der Waals surface area contributed by atoms with Gasteiger partial charge in [0.2, 0.25) is 0 Å². The highest BCUT2D eigenvalue weighted by atomic mass is 19.1. The van der Waals surface area contributed by atoms with E-state index >= 15 is 0 Å². The Morgan fingerprint density at radius 1 is 1.16 bits per heavy atom. The fraction of sp³-hybridized carbons (Fsp3) is 0.462. The minimum atomic E-state index is -1.14. The van der Waals surface area contributed by atoms with Crippen molar-refractivity contribution in [1.29, 1.82) is 0 Å². The van der Waals surface area contributed by atoms with Crippen molar-refractivity contribution in [3.05, 3.63) is 54.3 Å². The maximum Gasteiger partial charge on any atom is 0.130 e. The van der Waals surface area contributed by atoms with E-state index in [-0.39, 0.29) is 0 Å². The van der Waals surface area contributed by atoms with Gasteiger partial charge >= 0.3 is 0 Å². The maximum atomic E-state index is 14.0. The third-order valence-corrected chi connectivity index (χ3v) is 6.45. The lowest BCUT2D eigenvalue weighted by molar-refractivity contribution is 0.101. The van der Waals surface area contributed by atoms with Crippen LogP contribution < -0.4 is 5.32 Å². The molecule has 0 saturated carbocycles. The smallest absolute Gasteiger partial charge is 0.130 e. The monoisotopic (exact) mass is 435 g/mol. The quantitative estimate of drug-likeness (QED) is 0.538. The number of nitrogens with zero attached hydrogens (tertiary/aromatic N) is 4. The summed E-state index contributed by atoms with van der Waals surface area (Å²) in [6.07, 6.45) is 8.06. The van der Waals surface area contributed by atoms with E-state index in [1.165, 1.54) is 5.70 Å². The van der Waals surface area contributed by atoms with Crippen LogP contribution in [0.5, 0.6) is 0 Å². The molecule has 1 saturated heterocycles. The van der Waals surface area contributed by atoms with E-state index in [0.717, 1.165) is 59.6 Å². The molecule has 1 aliphatic heterocycles. The average Bonchev–Trinajstić information content (AvgIpc) is 3.09. The zero-order valence-corrected chi connectivity index (χ0v) is 19.8. The molecule has 32 heavy (non-hydrogen) atoms. The lowest BCUT2D eigenvalue weighted by Crippen LogP contribution is -2.41. The highest BCUT2D eigenvalue weighted by Gasteiger charge is 2.26. The van der Waals surface area contributed by atoms with Crippen molar-refractivity contribution in [3.8, 4) is 11.3 Å². The number of halogens is 1. The summed E-state index contributed by atoms with van der Waals surface area (Å²) in [5, 5.41) is 5.83. The van der Waals surface area contributed by atoms with Gasteiger partial charge in [-0.15, -0.1) is 0 Å². The van der Waals surface area contributed by atoms with Gasteiger partial charge in [0.25, 0.3) is 0 Å². The van der Waals surface area contributed by atoms with E-state index in [1.54, 1.807) is 13.8 Å². The number of rotatable bonds is 6. The summed E-state index contributed by atoms with van der Waals surface area (Å²) in [5.41, 5.74) is 2.31. The van der Waals surface area contributed by atoms with Gasteiger partial charge in [0, 0.05) is 42.4 Å². The second-order valence-corrected chi connectivity index (χ2v) is 9.52. The fourth-order valence-corrected chi connectivity index (χ4v) is 4.63. The van der Waals surface area contributed by atoms with Gasteiger partial charge < -0.3 is 14.8 Å². The van der Waals surface area contributed by atoms with Gasteiger partial charge in [-0.25, -0.2) is 14.4 Å². The summed E-state index contributed by atoms with van der Waals surface area (Å²) in [7, 11) is 2.04. The maximum absolute atomic E-state index is 14.0. The van der Waals surface area contributed by atoms with E-state index < -0.39 is 5.67 Å². The second-order valence-electron chi connectivity index (χ2n) is 9.52. The number of benzene rings is 1. The van der Waals surface area contributed by atoms with Crippen molar-refractivity contribution in [3.63, 3.8) is 0 Å². The Balaban J connectivity index is 1.49. The molecular weight excluding hydrogens is 401 g/mol. The third-order valence-electron chi connectivity index (χ3n) is 6.45. The fourth-order valence-electron chi connectivity index (χ4n) is 4.63. The third kappa shape index (κ3) is 5.01. The molecule has 6 heteroatoms. The normalized spacial score (nSPS) is 16.6. The lowest BCUT2D eigenvalue weighted by atomic mass is 9.92. The summed E-state index contributed by atoms with van der Waals surface area (Å²) in [4.78, 5) is 11.3. The topological polar surface area (TPSA) is 46.0 Å². The number of anilines is 1. The molecule has 3 heterocycles. The number of piperidine rings is 1. The molecule has 0 spiro atoms. The molecule has 3 aromatic rings. The first-order chi connectivity index (χ1) is 15.2. The molecular formula is C26H34FN5. The lowest BCUT2D eigenvalue weighted by Gasteiger charge is -2.35. The van der Waals surface area contributed by atoms with Gasteiger partial charge in [0.05, 0.1) is 11.9 Å². The number of aryl methyl sites for hydroxylation is 1. The van der Waals surface area contributed by atoms with Crippen LogP contribution in [-0.2, 0) is 7.05 Å².